The number of carbonyl (C=O) groups excluding carboxylic acids is 1. The average Bonchev–Trinajstić information content (AvgIpc) is 2.27. The molecule has 88 valence electrons. The Kier molecular flexibility index (Phi) is 4.33. The lowest BCUT2D eigenvalue weighted by Gasteiger charge is -2.13. The lowest BCUT2D eigenvalue weighted by Crippen LogP contribution is -2.26. The summed E-state index contributed by atoms with van der Waals surface area (Å²) in [7, 11) is 1.48. The number of hydrogen-bond acceptors (Lipinski definition) is 3. The number of aliphatic hydroxyl groups is 1. The van der Waals surface area contributed by atoms with Crippen LogP contribution >= 0.6 is 11.6 Å². The highest BCUT2D eigenvalue weighted by atomic mass is 35.5. The van der Waals surface area contributed by atoms with Gasteiger partial charge in [0.1, 0.15) is 11.9 Å². The fourth-order valence-electron chi connectivity index (χ4n) is 1.29. The molecule has 0 amide bonds. The van der Waals surface area contributed by atoms with Crippen LogP contribution in [0.1, 0.15) is 24.2 Å². The van der Waals surface area contributed by atoms with E-state index in [4.69, 9.17) is 16.3 Å². The van der Waals surface area contributed by atoms with E-state index in [0.717, 1.165) is 0 Å². The van der Waals surface area contributed by atoms with E-state index in [0.29, 0.717) is 16.3 Å². The third kappa shape index (κ3) is 2.74. The molecule has 1 atom stereocenters. The van der Waals surface area contributed by atoms with Crippen molar-refractivity contribution in [1.82, 2.24) is 0 Å². The molecule has 4 heteroatoms. The van der Waals surface area contributed by atoms with Crippen molar-refractivity contribution in [2.75, 3.05) is 7.11 Å². The molecule has 0 spiro atoms. The minimum atomic E-state index is -0.995. The first-order valence-corrected chi connectivity index (χ1v) is 5.41. The smallest absolute Gasteiger partial charge is 0.191 e. The normalized spacial score (nSPS) is 12.6. The molecule has 1 unspecified atom stereocenters. The van der Waals surface area contributed by atoms with Gasteiger partial charge in [-0.2, -0.15) is 0 Å². The van der Waals surface area contributed by atoms with Crippen LogP contribution in [0.3, 0.4) is 0 Å². The molecule has 3 nitrogen and oxygen atoms in total. The molecule has 0 radical (unpaired) electrons. The average molecular weight is 243 g/mol. The second kappa shape index (κ2) is 5.32. The van der Waals surface area contributed by atoms with Gasteiger partial charge in [-0.15, -0.1) is 0 Å². The SMILES string of the molecule is COc1cc(C(=O)C(O)C(C)C)ccc1Cl. The molecule has 1 rings (SSSR count). The summed E-state index contributed by atoms with van der Waals surface area (Å²) >= 11 is 5.84. The number of hydrogen-bond donors (Lipinski definition) is 1. The number of halogens is 1. The first-order chi connectivity index (χ1) is 7.47. The molecule has 0 aromatic heterocycles. The van der Waals surface area contributed by atoms with Gasteiger partial charge in [0.2, 0.25) is 0 Å². The number of Topliss-reactive ketones (excluding diaryl/α,β-unsaturated/α-hetero) is 1. The van der Waals surface area contributed by atoms with Gasteiger partial charge < -0.3 is 9.84 Å². The first-order valence-electron chi connectivity index (χ1n) is 5.03. The van der Waals surface area contributed by atoms with Crippen LogP contribution in [0.25, 0.3) is 0 Å². The van der Waals surface area contributed by atoms with E-state index in [1.165, 1.54) is 13.2 Å². The fourth-order valence-corrected chi connectivity index (χ4v) is 1.48. The van der Waals surface area contributed by atoms with E-state index in [-0.39, 0.29) is 11.7 Å². The molecular formula is C12H15ClO3. The van der Waals surface area contributed by atoms with Crippen molar-refractivity contribution in [3.8, 4) is 5.75 Å². The summed E-state index contributed by atoms with van der Waals surface area (Å²) in [4.78, 5) is 11.8. The van der Waals surface area contributed by atoms with Crippen molar-refractivity contribution in [3.05, 3.63) is 28.8 Å². The van der Waals surface area contributed by atoms with Crippen molar-refractivity contribution in [2.45, 2.75) is 20.0 Å². The minimum Gasteiger partial charge on any atom is -0.495 e. The zero-order valence-corrected chi connectivity index (χ0v) is 10.3. The first kappa shape index (κ1) is 13.0. The molecule has 0 bridgehead atoms. The molecule has 1 N–H and O–H groups in total. The van der Waals surface area contributed by atoms with E-state index < -0.39 is 6.10 Å². The van der Waals surface area contributed by atoms with Crippen molar-refractivity contribution < 1.29 is 14.6 Å². The molecule has 1 aromatic rings. The zero-order chi connectivity index (χ0) is 12.3. The van der Waals surface area contributed by atoms with E-state index >= 15 is 0 Å². The fraction of sp³-hybridized carbons (Fsp3) is 0.417. The Morgan fingerprint density at radius 3 is 2.56 bits per heavy atom. The maximum atomic E-state index is 11.8. The predicted molar refractivity (Wildman–Crippen MR) is 63.2 cm³/mol. The lowest BCUT2D eigenvalue weighted by atomic mass is 9.98. The summed E-state index contributed by atoms with van der Waals surface area (Å²) in [5, 5.41) is 10.1. The van der Waals surface area contributed by atoms with Crippen LogP contribution in [-0.2, 0) is 0 Å². The van der Waals surface area contributed by atoms with Gasteiger partial charge in [0.25, 0.3) is 0 Å². The molecule has 0 heterocycles. The van der Waals surface area contributed by atoms with E-state index in [2.05, 4.69) is 0 Å². The molecule has 0 aliphatic carbocycles. The molecule has 0 saturated carbocycles. The van der Waals surface area contributed by atoms with Crippen LogP contribution in [0.5, 0.6) is 5.75 Å². The van der Waals surface area contributed by atoms with Crippen LogP contribution in [0.2, 0.25) is 5.02 Å². The molecule has 1 aromatic carbocycles. The topological polar surface area (TPSA) is 46.5 Å². The van der Waals surface area contributed by atoms with Crippen molar-refractivity contribution >= 4 is 17.4 Å². The quantitative estimate of drug-likeness (QED) is 0.826. The molecular weight excluding hydrogens is 228 g/mol. The molecule has 0 saturated heterocycles. The second-order valence-corrected chi connectivity index (χ2v) is 4.31. The number of aliphatic hydroxyl groups excluding tert-OH is 1. The summed E-state index contributed by atoms with van der Waals surface area (Å²) in [5.41, 5.74) is 0.405. The van der Waals surface area contributed by atoms with Gasteiger partial charge in [0, 0.05) is 5.56 Å². The summed E-state index contributed by atoms with van der Waals surface area (Å²) < 4.78 is 5.01. The largest absolute Gasteiger partial charge is 0.495 e. The number of carbonyl (C=O) groups is 1. The second-order valence-electron chi connectivity index (χ2n) is 3.90. The molecule has 16 heavy (non-hydrogen) atoms. The summed E-state index contributed by atoms with van der Waals surface area (Å²) in [6.07, 6.45) is -0.995. The number of rotatable bonds is 4. The van der Waals surface area contributed by atoms with Crippen LogP contribution in [-0.4, -0.2) is 24.1 Å². The summed E-state index contributed by atoms with van der Waals surface area (Å²) in [5.74, 6) is 0.00242. The number of benzene rings is 1. The zero-order valence-electron chi connectivity index (χ0n) is 9.53. The Morgan fingerprint density at radius 1 is 1.44 bits per heavy atom. The van der Waals surface area contributed by atoms with Gasteiger partial charge in [-0.3, -0.25) is 4.79 Å². The Morgan fingerprint density at radius 2 is 2.06 bits per heavy atom. The van der Waals surface area contributed by atoms with Crippen LogP contribution in [0.15, 0.2) is 18.2 Å². The lowest BCUT2D eigenvalue weighted by molar-refractivity contribution is 0.0647. The highest BCUT2D eigenvalue weighted by molar-refractivity contribution is 6.32. The van der Waals surface area contributed by atoms with Crippen LogP contribution in [0, 0.1) is 5.92 Å². The Balaban J connectivity index is 3.01. The Labute approximate surface area is 100.0 Å². The Hall–Kier alpha value is -1.06. The van der Waals surface area contributed by atoms with Crippen molar-refractivity contribution in [3.63, 3.8) is 0 Å². The van der Waals surface area contributed by atoms with Gasteiger partial charge in [-0.25, -0.2) is 0 Å². The highest BCUT2D eigenvalue weighted by Crippen LogP contribution is 2.26. The Bertz CT molecular complexity index is 388. The number of methoxy groups -OCH3 is 1. The predicted octanol–water partition coefficient (Wildman–Crippen LogP) is 2.55. The third-order valence-corrected chi connectivity index (χ3v) is 2.65. The molecule has 0 aliphatic heterocycles. The van der Waals surface area contributed by atoms with Crippen molar-refractivity contribution in [1.29, 1.82) is 0 Å². The maximum Gasteiger partial charge on any atom is 0.191 e. The summed E-state index contributed by atoms with van der Waals surface area (Å²) in [6.45, 7) is 3.57. The van der Waals surface area contributed by atoms with Gasteiger partial charge >= 0.3 is 0 Å². The molecule has 0 fully saturated rings. The van der Waals surface area contributed by atoms with Crippen molar-refractivity contribution in [2.24, 2.45) is 5.92 Å². The minimum absolute atomic E-state index is 0.117. The molecule has 0 aliphatic rings. The van der Waals surface area contributed by atoms with Gasteiger partial charge in [0.15, 0.2) is 5.78 Å². The number of ether oxygens (including phenoxy) is 1. The van der Waals surface area contributed by atoms with Gasteiger partial charge in [-0.1, -0.05) is 25.4 Å². The summed E-state index contributed by atoms with van der Waals surface area (Å²) in [6, 6.07) is 4.70. The van der Waals surface area contributed by atoms with E-state index in [1.807, 2.05) is 0 Å². The van der Waals surface area contributed by atoms with Gasteiger partial charge in [-0.05, 0) is 24.1 Å². The van der Waals surface area contributed by atoms with Gasteiger partial charge in [0.05, 0.1) is 12.1 Å². The van der Waals surface area contributed by atoms with Crippen LogP contribution < -0.4 is 4.74 Å². The standard InChI is InChI=1S/C12H15ClO3/c1-7(2)11(14)12(15)8-4-5-9(13)10(6-8)16-3/h4-7,11,14H,1-3H3. The maximum absolute atomic E-state index is 11.8. The van der Waals surface area contributed by atoms with E-state index in [9.17, 15) is 9.90 Å². The van der Waals surface area contributed by atoms with E-state index in [1.54, 1.807) is 26.0 Å². The number of ketones is 1. The van der Waals surface area contributed by atoms with Crippen LogP contribution in [0.4, 0.5) is 0 Å². The monoisotopic (exact) mass is 242 g/mol. The third-order valence-electron chi connectivity index (χ3n) is 2.34. The highest BCUT2D eigenvalue weighted by Gasteiger charge is 2.21.